The molecule has 1 aromatic heterocycles. The highest BCUT2D eigenvalue weighted by atomic mass is 19.4. The van der Waals surface area contributed by atoms with Gasteiger partial charge >= 0.3 is 18.2 Å². The van der Waals surface area contributed by atoms with E-state index in [0.717, 1.165) is 5.56 Å². The summed E-state index contributed by atoms with van der Waals surface area (Å²) in [6.07, 6.45) is -6.18. The second-order valence-corrected chi connectivity index (χ2v) is 6.52. The van der Waals surface area contributed by atoms with Crippen molar-refractivity contribution in [1.29, 1.82) is 0 Å². The van der Waals surface area contributed by atoms with Gasteiger partial charge in [-0.2, -0.15) is 18.0 Å². The van der Waals surface area contributed by atoms with Crippen LogP contribution in [0.2, 0.25) is 0 Å². The van der Waals surface area contributed by atoms with Gasteiger partial charge in [-0.05, 0) is 23.7 Å². The molecule has 2 heterocycles. The lowest BCUT2D eigenvalue weighted by Gasteiger charge is -2.26. The first-order chi connectivity index (χ1) is 12.5. The Kier molecular flexibility index (Phi) is 4.46. The second-order valence-electron chi connectivity index (χ2n) is 6.52. The van der Waals surface area contributed by atoms with E-state index in [4.69, 9.17) is 9.94 Å². The number of fused-ring (bicyclic) bond motifs is 1. The molecule has 1 saturated heterocycles. The third-order valence-corrected chi connectivity index (χ3v) is 4.54. The highest BCUT2D eigenvalue weighted by Gasteiger charge is 2.52. The zero-order chi connectivity index (χ0) is 20.0. The van der Waals surface area contributed by atoms with Crippen LogP contribution in [0.15, 0.2) is 24.3 Å². The van der Waals surface area contributed by atoms with Crippen molar-refractivity contribution in [3.8, 4) is 5.75 Å². The van der Waals surface area contributed by atoms with Gasteiger partial charge < -0.3 is 15.1 Å². The highest BCUT2D eigenvalue weighted by Crippen LogP contribution is 2.37. The van der Waals surface area contributed by atoms with Gasteiger partial charge in [-0.25, -0.2) is 4.98 Å². The van der Waals surface area contributed by atoms with Crippen molar-refractivity contribution >= 4 is 23.0 Å². The van der Waals surface area contributed by atoms with Crippen LogP contribution in [0, 0.1) is 12.8 Å². The molecular weight excluding hydrogens is 369 g/mol. The molecule has 10 heteroatoms. The van der Waals surface area contributed by atoms with Crippen molar-refractivity contribution in [3.05, 3.63) is 35.5 Å². The number of hydroxylamine groups is 3. The van der Waals surface area contributed by atoms with Crippen LogP contribution in [-0.2, 0) is 11.0 Å². The van der Waals surface area contributed by atoms with E-state index < -0.39 is 34.5 Å². The van der Waals surface area contributed by atoms with Crippen LogP contribution in [0.4, 0.5) is 18.0 Å². The van der Waals surface area contributed by atoms with E-state index in [-0.39, 0.29) is 36.2 Å². The van der Waals surface area contributed by atoms with E-state index in [1.54, 1.807) is 19.1 Å². The van der Waals surface area contributed by atoms with Gasteiger partial charge in [0.1, 0.15) is 24.7 Å². The van der Waals surface area contributed by atoms with Gasteiger partial charge in [0.05, 0.1) is 5.52 Å². The third-order valence-electron chi connectivity index (χ3n) is 4.54. The fourth-order valence-electron chi connectivity index (χ4n) is 3.12. The number of rotatable bonds is 3. The van der Waals surface area contributed by atoms with Gasteiger partial charge in [0.15, 0.2) is 0 Å². The molecule has 0 radical (unpaired) electrons. The maximum Gasteiger partial charge on any atom is 0.556 e. The van der Waals surface area contributed by atoms with Crippen molar-refractivity contribution in [2.75, 3.05) is 13.1 Å². The van der Waals surface area contributed by atoms with E-state index in [0.29, 0.717) is 6.07 Å². The summed E-state index contributed by atoms with van der Waals surface area (Å²) in [5.41, 5.74) is -0.491. The van der Waals surface area contributed by atoms with Crippen LogP contribution >= 0.6 is 0 Å². The highest BCUT2D eigenvalue weighted by molar-refractivity contribution is 5.86. The molecular formula is C17H16F3N2O5+. The number of benzene rings is 1. The van der Waals surface area contributed by atoms with Crippen molar-refractivity contribution in [2.24, 2.45) is 5.92 Å². The van der Waals surface area contributed by atoms with Gasteiger partial charge in [-0.1, -0.05) is 11.6 Å². The molecule has 7 nitrogen and oxygen atoms in total. The first kappa shape index (κ1) is 18.9. The lowest BCUT2D eigenvalue weighted by atomic mass is 10.1. The van der Waals surface area contributed by atoms with E-state index in [1.807, 2.05) is 0 Å². The van der Waals surface area contributed by atoms with Crippen LogP contribution in [0.1, 0.15) is 17.7 Å². The molecule has 1 amide bonds. The number of nitrogens with zero attached hydrogens (tertiary/aromatic N) is 2. The fraction of sp³-hybridized carbons (Fsp3) is 0.353. The van der Waals surface area contributed by atoms with Gasteiger partial charge in [0.2, 0.25) is 5.75 Å². The number of aliphatic carboxylic acids is 1. The Bertz CT molecular complexity index is 931. The van der Waals surface area contributed by atoms with Crippen LogP contribution in [-0.4, -0.2) is 45.0 Å². The zero-order valence-electron chi connectivity index (χ0n) is 14.2. The van der Waals surface area contributed by atoms with E-state index >= 15 is 0 Å². The van der Waals surface area contributed by atoms with Gasteiger partial charge in [-0.3, -0.25) is 4.79 Å². The molecule has 144 valence electrons. The van der Waals surface area contributed by atoms with E-state index in [2.05, 4.69) is 4.98 Å². The molecule has 0 aliphatic carbocycles. The summed E-state index contributed by atoms with van der Waals surface area (Å²) in [6.45, 7) is 1.16. The Balaban J connectivity index is 2.13. The zero-order valence-corrected chi connectivity index (χ0v) is 14.2. The summed E-state index contributed by atoms with van der Waals surface area (Å²) >= 11 is 0. The molecule has 3 rings (SSSR count). The number of pyridine rings is 1. The number of alkyl halides is 3. The predicted octanol–water partition coefficient (Wildman–Crippen LogP) is 3.46. The smallest absolute Gasteiger partial charge is 0.481 e. The maximum absolute atomic E-state index is 13.2. The number of hydrogen-bond donors (Lipinski definition) is 2. The second kappa shape index (κ2) is 6.38. The number of carbonyl (C=O) groups is 2. The minimum Gasteiger partial charge on any atom is -0.481 e. The first-order valence-electron chi connectivity index (χ1n) is 8.03. The summed E-state index contributed by atoms with van der Waals surface area (Å²) in [5.74, 6) is -2.44. The summed E-state index contributed by atoms with van der Waals surface area (Å²) < 4.78 is 38.5. The maximum atomic E-state index is 13.2. The predicted molar refractivity (Wildman–Crippen MR) is 85.9 cm³/mol. The largest absolute Gasteiger partial charge is 0.556 e. The first-order valence-corrected chi connectivity index (χ1v) is 8.03. The molecule has 1 aromatic carbocycles. The SMILES string of the molecule is Cc1ccc2nc(C(F)(F)F)cc(O[N+]3(C(=O)O)CCC(C(=O)O)C3)c2c1. The van der Waals surface area contributed by atoms with Gasteiger partial charge in [0, 0.05) is 17.9 Å². The summed E-state index contributed by atoms with van der Waals surface area (Å²) in [4.78, 5) is 32.1. The van der Waals surface area contributed by atoms with Crippen LogP contribution in [0.3, 0.4) is 0 Å². The fourth-order valence-corrected chi connectivity index (χ4v) is 3.12. The number of likely N-dealkylation sites (tertiary alicyclic amines) is 1. The third kappa shape index (κ3) is 3.52. The van der Waals surface area contributed by atoms with E-state index in [1.165, 1.54) is 6.07 Å². The minimum absolute atomic E-state index is 0.00273. The Labute approximate surface area is 151 Å². The van der Waals surface area contributed by atoms with Crippen molar-refractivity contribution < 1.29 is 42.5 Å². The average Bonchev–Trinajstić information content (AvgIpc) is 3.00. The van der Waals surface area contributed by atoms with E-state index in [9.17, 15) is 27.9 Å². The minimum atomic E-state index is -4.75. The molecule has 1 aliphatic rings. The molecule has 27 heavy (non-hydrogen) atoms. The van der Waals surface area contributed by atoms with Crippen LogP contribution < -0.4 is 4.84 Å². The molecule has 2 unspecified atom stereocenters. The number of hydrogen-bond acceptors (Lipinski definition) is 4. The Hall–Kier alpha value is -2.88. The summed E-state index contributed by atoms with van der Waals surface area (Å²) in [6, 6.07) is 5.17. The van der Waals surface area contributed by atoms with Crippen molar-refractivity contribution in [2.45, 2.75) is 19.5 Å². The lowest BCUT2D eigenvalue weighted by molar-refractivity contribution is -1.01. The van der Waals surface area contributed by atoms with Crippen molar-refractivity contribution in [1.82, 2.24) is 4.98 Å². The number of aryl methyl sites for hydroxylation is 1. The summed E-state index contributed by atoms with van der Waals surface area (Å²) in [5, 5.41) is 19.0. The number of carboxylic acids is 1. The van der Waals surface area contributed by atoms with Crippen molar-refractivity contribution in [3.63, 3.8) is 0 Å². The molecule has 0 spiro atoms. The number of quaternary nitrogens is 1. The Morgan fingerprint density at radius 2 is 1.96 bits per heavy atom. The molecule has 2 atom stereocenters. The molecule has 2 N–H and O–H groups in total. The Morgan fingerprint density at radius 3 is 2.52 bits per heavy atom. The molecule has 2 aromatic rings. The quantitative estimate of drug-likeness (QED) is 0.786. The normalized spacial score (nSPS) is 22.7. The number of carboxylic acid groups (broad SMARTS) is 2. The van der Waals surface area contributed by atoms with Gasteiger partial charge in [-0.15, -0.1) is 0 Å². The summed E-state index contributed by atoms with van der Waals surface area (Å²) in [7, 11) is 0. The number of amides is 1. The molecule has 0 bridgehead atoms. The number of aromatic nitrogens is 1. The van der Waals surface area contributed by atoms with Gasteiger partial charge in [0.25, 0.3) is 0 Å². The molecule has 1 aliphatic heterocycles. The average molecular weight is 385 g/mol. The standard InChI is InChI=1S/C17H15F3N2O5/c1-9-2-3-12-11(6-9)13(7-14(21-12)17(18,19)20)27-22(16(25)26)5-4-10(8-22)15(23)24/h2-3,6-7,10H,4-5,8H2,1H3,(H-,23,24,25,26)/p+1. The molecule has 1 fully saturated rings. The van der Waals surface area contributed by atoms with Crippen LogP contribution in [0.5, 0.6) is 5.75 Å². The Morgan fingerprint density at radius 1 is 1.26 bits per heavy atom. The number of halogens is 3. The molecule has 0 saturated carbocycles. The monoisotopic (exact) mass is 385 g/mol. The van der Waals surface area contributed by atoms with Crippen LogP contribution in [0.25, 0.3) is 10.9 Å². The topological polar surface area (TPSA) is 96.7 Å². The lowest BCUT2D eigenvalue weighted by Crippen LogP contribution is -2.53.